The highest BCUT2D eigenvalue weighted by molar-refractivity contribution is 5.70. The summed E-state index contributed by atoms with van der Waals surface area (Å²) in [5, 5.41) is 8.72. The predicted molar refractivity (Wildman–Crippen MR) is 40.4 cm³/mol. The lowest BCUT2D eigenvalue weighted by atomic mass is 9.93. The first-order valence-electron chi connectivity index (χ1n) is 3.98. The van der Waals surface area contributed by atoms with Gasteiger partial charge in [0, 0.05) is 0 Å². The highest BCUT2D eigenvalue weighted by atomic mass is 16.5. The van der Waals surface area contributed by atoms with Gasteiger partial charge in [0.05, 0.1) is 18.1 Å². The Labute approximate surface area is 66.4 Å². The van der Waals surface area contributed by atoms with Crippen LogP contribution in [-0.4, -0.2) is 23.3 Å². The standard InChI is InChI=1S/C8H14O3/c1-5-3-7(8(9)10)4-6(2)11-5/h5-7H,3-4H2,1-2H3,(H,9,10)/t5-,6-/m0/s1. The molecule has 64 valence electrons. The van der Waals surface area contributed by atoms with Crippen molar-refractivity contribution in [2.24, 2.45) is 5.92 Å². The van der Waals surface area contributed by atoms with Gasteiger partial charge in [-0.15, -0.1) is 0 Å². The minimum absolute atomic E-state index is 0.0971. The van der Waals surface area contributed by atoms with E-state index in [1.165, 1.54) is 0 Å². The van der Waals surface area contributed by atoms with Crippen LogP contribution in [0.25, 0.3) is 0 Å². The van der Waals surface area contributed by atoms with Gasteiger partial charge in [-0.05, 0) is 26.7 Å². The largest absolute Gasteiger partial charge is 0.481 e. The second-order valence-corrected chi connectivity index (χ2v) is 3.26. The fraction of sp³-hybridized carbons (Fsp3) is 0.875. The van der Waals surface area contributed by atoms with Crippen molar-refractivity contribution in [3.63, 3.8) is 0 Å². The molecule has 0 aromatic heterocycles. The first kappa shape index (κ1) is 8.53. The zero-order valence-corrected chi connectivity index (χ0v) is 6.91. The molecule has 3 heteroatoms. The molecule has 0 radical (unpaired) electrons. The number of aliphatic carboxylic acids is 1. The lowest BCUT2D eigenvalue weighted by Crippen LogP contribution is -2.33. The summed E-state index contributed by atoms with van der Waals surface area (Å²) in [4.78, 5) is 10.6. The zero-order valence-electron chi connectivity index (χ0n) is 6.91. The van der Waals surface area contributed by atoms with Gasteiger partial charge in [0.2, 0.25) is 0 Å². The Morgan fingerprint density at radius 2 is 1.82 bits per heavy atom. The van der Waals surface area contributed by atoms with Gasteiger partial charge < -0.3 is 9.84 Å². The third-order valence-electron chi connectivity index (χ3n) is 2.05. The number of carboxylic acid groups (broad SMARTS) is 1. The fourth-order valence-corrected chi connectivity index (χ4v) is 1.61. The number of hydrogen-bond acceptors (Lipinski definition) is 2. The summed E-state index contributed by atoms with van der Waals surface area (Å²) in [6, 6.07) is 0. The van der Waals surface area contributed by atoms with E-state index in [0.717, 1.165) is 0 Å². The molecular weight excluding hydrogens is 144 g/mol. The molecule has 1 aliphatic heterocycles. The number of hydrogen-bond donors (Lipinski definition) is 1. The van der Waals surface area contributed by atoms with Crippen molar-refractivity contribution < 1.29 is 14.6 Å². The molecule has 0 spiro atoms. The van der Waals surface area contributed by atoms with Crippen molar-refractivity contribution in [3.05, 3.63) is 0 Å². The van der Waals surface area contributed by atoms with Crippen molar-refractivity contribution in [2.75, 3.05) is 0 Å². The van der Waals surface area contributed by atoms with Gasteiger partial charge in [-0.3, -0.25) is 4.79 Å². The molecule has 0 aromatic rings. The van der Waals surface area contributed by atoms with Crippen LogP contribution in [0.3, 0.4) is 0 Å². The normalized spacial score (nSPS) is 38.5. The van der Waals surface area contributed by atoms with E-state index in [2.05, 4.69) is 0 Å². The summed E-state index contributed by atoms with van der Waals surface area (Å²) in [6.45, 7) is 3.84. The van der Waals surface area contributed by atoms with Crippen molar-refractivity contribution in [1.82, 2.24) is 0 Å². The highest BCUT2D eigenvalue weighted by Crippen LogP contribution is 2.24. The Morgan fingerprint density at radius 3 is 2.18 bits per heavy atom. The summed E-state index contributed by atoms with van der Waals surface area (Å²) in [5.74, 6) is -0.888. The second-order valence-electron chi connectivity index (χ2n) is 3.26. The molecule has 0 aromatic carbocycles. The van der Waals surface area contributed by atoms with Gasteiger partial charge in [0.25, 0.3) is 0 Å². The van der Waals surface area contributed by atoms with E-state index in [9.17, 15) is 4.79 Å². The van der Waals surface area contributed by atoms with Crippen LogP contribution in [0.5, 0.6) is 0 Å². The summed E-state index contributed by atoms with van der Waals surface area (Å²) in [7, 11) is 0. The quantitative estimate of drug-likeness (QED) is 0.625. The van der Waals surface area contributed by atoms with Crippen LogP contribution >= 0.6 is 0 Å². The number of carbonyl (C=O) groups is 1. The minimum atomic E-state index is -0.688. The SMILES string of the molecule is C[C@H]1CC(C(=O)O)C[C@H](C)O1. The lowest BCUT2D eigenvalue weighted by molar-refractivity contribution is -0.149. The number of ether oxygens (including phenoxy) is 1. The van der Waals surface area contributed by atoms with E-state index in [1.807, 2.05) is 13.8 Å². The van der Waals surface area contributed by atoms with Gasteiger partial charge in [-0.25, -0.2) is 0 Å². The molecule has 1 aliphatic rings. The molecule has 1 N–H and O–H groups in total. The van der Waals surface area contributed by atoms with Gasteiger partial charge in [-0.2, -0.15) is 0 Å². The molecule has 0 bridgehead atoms. The maximum Gasteiger partial charge on any atom is 0.306 e. The molecule has 11 heavy (non-hydrogen) atoms. The monoisotopic (exact) mass is 158 g/mol. The van der Waals surface area contributed by atoms with E-state index in [1.54, 1.807) is 0 Å². The molecule has 3 nitrogen and oxygen atoms in total. The molecule has 0 amide bonds. The smallest absolute Gasteiger partial charge is 0.306 e. The van der Waals surface area contributed by atoms with Gasteiger partial charge >= 0.3 is 5.97 Å². The molecule has 1 saturated heterocycles. The topological polar surface area (TPSA) is 46.5 Å². The fourth-order valence-electron chi connectivity index (χ4n) is 1.61. The summed E-state index contributed by atoms with van der Waals surface area (Å²) < 4.78 is 5.40. The van der Waals surface area contributed by atoms with Crippen LogP contribution in [0, 0.1) is 5.92 Å². The minimum Gasteiger partial charge on any atom is -0.481 e. The molecule has 2 atom stereocenters. The summed E-state index contributed by atoms with van der Waals surface area (Å²) >= 11 is 0. The van der Waals surface area contributed by atoms with Gasteiger partial charge in [0.15, 0.2) is 0 Å². The highest BCUT2D eigenvalue weighted by Gasteiger charge is 2.28. The Bertz CT molecular complexity index is 145. The summed E-state index contributed by atoms with van der Waals surface area (Å²) in [5.41, 5.74) is 0. The van der Waals surface area contributed by atoms with Gasteiger partial charge in [0.1, 0.15) is 0 Å². The van der Waals surface area contributed by atoms with Crippen LogP contribution in [0.1, 0.15) is 26.7 Å². The first-order valence-corrected chi connectivity index (χ1v) is 3.98. The molecular formula is C8H14O3. The second kappa shape index (κ2) is 3.22. The van der Waals surface area contributed by atoms with E-state index in [0.29, 0.717) is 12.8 Å². The van der Waals surface area contributed by atoms with Crippen LogP contribution in [0.4, 0.5) is 0 Å². The third kappa shape index (κ3) is 2.19. The maximum atomic E-state index is 10.6. The van der Waals surface area contributed by atoms with Crippen molar-refractivity contribution in [3.8, 4) is 0 Å². The Balaban J connectivity index is 2.49. The van der Waals surface area contributed by atoms with E-state index in [-0.39, 0.29) is 18.1 Å². The molecule has 0 unspecified atom stereocenters. The Kier molecular flexibility index (Phi) is 2.49. The Hall–Kier alpha value is -0.570. The Morgan fingerprint density at radius 1 is 1.36 bits per heavy atom. The van der Waals surface area contributed by atoms with Crippen LogP contribution in [0.15, 0.2) is 0 Å². The molecule has 1 fully saturated rings. The van der Waals surface area contributed by atoms with Crippen LogP contribution < -0.4 is 0 Å². The first-order chi connectivity index (χ1) is 5.09. The average Bonchev–Trinajstić information content (AvgIpc) is 1.85. The predicted octanol–water partition coefficient (Wildman–Crippen LogP) is 1.27. The van der Waals surface area contributed by atoms with E-state index < -0.39 is 5.97 Å². The maximum absolute atomic E-state index is 10.6. The number of carboxylic acids is 1. The van der Waals surface area contributed by atoms with Crippen LogP contribution in [0.2, 0.25) is 0 Å². The van der Waals surface area contributed by atoms with Crippen molar-refractivity contribution in [2.45, 2.75) is 38.9 Å². The van der Waals surface area contributed by atoms with Gasteiger partial charge in [-0.1, -0.05) is 0 Å². The molecule has 1 heterocycles. The number of rotatable bonds is 1. The average molecular weight is 158 g/mol. The zero-order chi connectivity index (χ0) is 8.43. The van der Waals surface area contributed by atoms with E-state index in [4.69, 9.17) is 9.84 Å². The summed E-state index contributed by atoms with van der Waals surface area (Å²) in [6.07, 6.45) is 1.50. The molecule has 0 aliphatic carbocycles. The lowest BCUT2D eigenvalue weighted by Gasteiger charge is -2.29. The molecule has 1 rings (SSSR count). The molecule has 0 saturated carbocycles. The van der Waals surface area contributed by atoms with Crippen LogP contribution in [-0.2, 0) is 9.53 Å². The van der Waals surface area contributed by atoms with Crippen molar-refractivity contribution >= 4 is 5.97 Å². The van der Waals surface area contributed by atoms with Crippen molar-refractivity contribution in [1.29, 1.82) is 0 Å². The third-order valence-corrected chi connectivity index (χ3v) is 2.05. The van der Waals surface area contributed by atoms with E-state index >= 15 is 0 Å².